The van der Waals surface area contributed by atoms with Crippen LogP contribution in [-0.2, 0) is 0 Å². The predicted octanol–water partition coefficient (Wildman–Crippen LogP) is 2.11. The number of hydrogen-bond acceptors (Lipinski definition) is 4. The van der Waals surface area contributed by atoms with Crippen LogP contribution in [0.3, 0.4) is 0 Å². The Morgan fingerprint density at radius 2 is 2.14 bits per heavy atom. The molecule has 1 aliphatic heterocycles. The fraction of sp³-hybridized carbons (Fsp3) is 0.500. The van der Waals surface area contributed by atoms with Crippen LogP contribution in [0.4, 0.5) is 10.1 Å². The van der Waals surface area contributed by atoms with E-state index in [1.54, 1.807) is 6.92 Å². The van der Waals surface area contributed by atoms with Crippen molar-refractivity contribution in [3.8, 4) is 0 Å². The second kappa shape index (κ2) is 5.77. The lowest BCUT2D eigenvalue weighted by Gasteiger charge is -2.22. The zero-order valence-electron chi connectivity index (χ0n) is 11.7. The number of carbonyl (C=O) groups is 1. The number of nitro benzene ring substituents is 1. The maximum Gasteiger partial charge on any atom is 0.272 e. The highest BCUT2D eigenvalue weighted by Gasteiger charge is 2.28. The number of nitro groups is 1. The lowest BCUT2D eigenvalue weighted by molar-refractivity contribution is -0.385. The minimum absolute atomic E-state index is 0.179. The number of amides is 1. The van der Waals surface area contributed by atoms with Crippen molar-refractivity contribution in [1.82, 2.24) is 4.90 Å². The standard InChI is InChI=1S/C14H17FN2O4/c1-14(19)5-2-7-16(8-6-14)13(18)11-4-3-10(17(20)21)9-12(11)15/h3-4,9,19H,2,5-8H2,1H3. The molecule has 7 heteroatoms. The first-order valence-corrected chi connectivity index (χ1v) is 6.76. The quantitative estimate of drug-likeness (QED) is 0.669. The van der Waals surface area contributed by atoms with E-state index in [0.717, 1.165) is 18.2 Å². The Morgan fingerprint density at radius 1 is 1.43 bits per heavy atom. The largest absolute Gasteiger partial charge is 0.390 e. The van der Waals surface area contributed by atoms with E-state index < -0.39 is 22.2 Å². The van der Waals surface area contributed by atoms with Crippen molar-refractivity contribution < 1.29 is 19.2 Å². The van der Waals surface area contributed by atoms with Crippen LogP contribution in [0, 0.1) is 15.9 Å². The van der Waals surface area contributed by atoms with Gasteiger partial charge in [-0.1, -0.05) is 0 Å². The number of hydrogen-bond donors (Lipinski definition) is 1. The van der Waals surface area contributed by atoms with Gasteiger partial charge in [-0.15, -0.1) is 0 Å². The summed E-state index contributed by atoms with van der Waals surface area (Å²) in [6, 6.07) is 3.00. The summed E-state index contributed by atoms with van der Waals surface area (Å²) in [4.78, 5) is 23.6. The third-order valence-electron chi connectivity index (χ3n) is 3.74. The van der Waals surface area contributed by atoms with E-state index in [2.05, 4.69) is 0 Å². The Hall–Kier alpha value is -2.02. The molecule has 1 saturated heterocycles. The number of aliphatic hydroxyl groups is 1. The Morgan fingerprint density at radius 3 is 2.76 bits per heavy atom. The summed E-state index contributed by atoms with van der Waals surface area (Å²) >= 11 is 0. The van der Waals surface area contributed by atoms with Crippen molar-refractivity contribution >= 4 is 11.6 Å². The van der Waals surface area contributed by atoms with Gasteiger partial charge in [0.25, 0.3) is 11.6 Å². The van der Waals surface area contributed by atoms with Crippen LogP contribution in [-0.4, -0.2) is 39.5 Å². The molecule has 0 radical (unpaired) electrons. The first-order chi connectivity index (χ1) is 9.80. The number of rotatable bonds is 2. The van der Waals surface area contributed by atoms with Gasteiger partial charge in [0.05, 0.1) is 22.2 Å². The van der Waals surface area contributed by atoms with E-state index in [9.17, 15) is 24.4 Å². The second-order valence-corrected chi connectivity index (χ2v) is 5.56. The van der Waals surface area contributed by atoms with Gasteiger partial charge in [0.1, 0.15) is 5.82 Å². The van der Waals surface area contributed by atoms with Gasteiger partial charge in [0, 0.05) is 19.2 Å². The second-order valence-electron chi connectivity index (χ2n) is 5.56. The third kappa shape index (κ3) is 3.55. The van der Waals surface area contributed by atoms with E-state index in [4.69, 9.17) is 0 Å². The molecule has 6 nitrogen and oxygen atoms in total. The number of carbonyl (C=O) groups excluding carboxylic acids is 1. The fourth-order valence-corrected chi connectivity index (χ4v) is 2.43. The minimum Gasteiger partial charge on any atom is -0.390 e. The molecule has 1 unspecified atom stereocenters. The van der Waals surface area contributed by atoms with E-state index in [-0.39, 0.29) is 11.3 Å². The fourth-order valence-electron chi connectivity index (χ4n) is 2.43. The van der Waals surface area contributed by atoms with Gasteiger partial charge in [0.15, 0.2) is 0 Å². The minimum atomic E-state index is -0.898. The molecule has 0 aromatic heterocycles. The Bertz CT molecular complexity index is 574. The highest BCUT2D eigenvalue weighted by molar-refractivity contribution is 5.94. The molecule has 1 fully saturated rings. The number of non-ortho nitro benzene ring substituents is 1. The van der Waals surface area contributed by atoms with Gasteiger partial charge in [-0.3, -0.25) is 14.9 Å². The molecule has 2 rings (SSSR count). The average molecular weight is 296 g/mol. The van der Waals surface area contributed by atoms with Crippen LogP contribution in [0.15, 0.2) is 18.2 Å². The summed E-state index contributed by atoms with van der Waals surface area (Å²) in [5.41, 5.74) is -1.38. The lowest BCUT2D eigenvalue weighted by atomic mass is 9.98. The molecule has 1 aromatic rings. The van der Waals surface area contributed by atoms with Gasteiger partial charge in [-0.05, 0) is 32.3 Å². The predicted molar refractivity (Wildman–Crippen MR) is 73.4 cm³/mol. The molecule has 0 aliphatic carbocycles. The summed E-state index contributed by atoms with van der Waals surface area (Å²) in [6.07, 6.45) is 1.64. The molecule has 0 bridgehead atoms. The molecular weight excluding hydrogens is 279 g/mol. The van der Waals surface area contributed by atoms with Crippen LogP contribution < -0.4 is 0 Å². The molecular formula is C14H17FN2O4. The normalized spacial score (nSPS) is 22.7. The first kappa shape index (κ1) is 15.4. The average Bonchev–Trinajstić information content (AvgIpc) is 2.58. The molecule has 1 aromatic carbocycles. The van der Waals surface area contributed by atoms with Crippen molar-refractivity contribution in [1.29, 1.82) is 0 Å². The number of likely N-dealkylation sites (tertiary alicyclic amines) is 1. The van der Waals surface area contributed by atoms with Gasteiger partial charge >= 0.3 is 0 Å². The van der Waals surface area contributed by atoms with Crippen LogP contribution >= 0.6 is 0 Å². The molecule has 1 N–H and O–H groups in total. The first-order valence-electron chi connectivity index (χ1n) is 6.76. The third-order valence-corrected chi connectivity index (χ3v) is 3.74. The Kier molecular flexibility index (Phi) is 4.22. The zero-order chi connectivity index (χ0) is 15.6. The molecule has 1 amide bonds. The smallest absolute Gasteiger partial charge is 0.272 e. The van der Waals surface area contributed by atoms with Crippen molar-refractivity contribution in [3.63, 3.8) is 0 Å². The zero-order valence-corrected chi connectivity index (χ0v) is 11.7. The van der Waals surface area contributed by atoms with E-state index in [0.29, 0.717) is 32.4 Å². The van der Waals surface area contributed by atoms with Gasteiger partial charge in [-0.2, -0.15) is 0 Å². The highest BCUT2D eigenvalue weighted by Crippen LogP contribution is 2.24. The van der Waals surface area contributed by atoms with Crippen molar-refractivity contribution in [2.45, 2.75) is 31.8 Å². The molecule has 1 heterocycles. The lowest BCUT2D eigenvalue weighted by Crippen LogP contribution is -2.34. The molecule has 0 spiro atoms. The Balaban J connectivity index is 2.18. The van der Waals surface area contributed by atoms with Crippen molar-refractivity contribution in [3.05, 3.63) is 39.7 Å². The van der Waals surface area contributed by atoms with Crippen molar-refractivity contribution in [2.75, 3.05) is 13.1 Å². The molecule has 0 saturated carbocycles. The molecule has 114 valence electrons. The van der Waals surface area contributed by atoms with Gasteiger partial charge < -0.3 is 10.0 Å². The molecule has 21 heavy (non-hydrogen) atoms. The number of benzene rings is 1. The van der Waals surface area contributed by atoms with E-state index in [1.807, 2.05) is 0 Å². The Labute approximate surface area is 121 Å². The van der Waals surface area contributed by atoms with Crippen LogP contribution in [0.5, 0.6) is 0 Å². The monoisotopic (exact) mass is 296 g/mol. The SMILES string of the molecule is CC1(O)CCCN(C(=O)c2ccc([N+](=O)[O-])cc2F)CC1. The summed E-state index contributed by atoms with van der Waals surface area (Å²) in [6.45, 7) is 2.49. The van der Waals surface area contributed by atoms with Gasteiger partial charge in [-0.25, -0.2) is 4.39 Å². The van der Waals surface area contributed by atoms with Crippen LogP contribution in [0.2, 0.25) is 0 Å². The summed E-state index contributed by atoms with van der Waals surface area (Å²) in [7, 11) is 0. The van der Waals surface area contributed by atoms with E-state index in [1.165, 1.54) is 4.90 Å². The molecule has 1 atom stereocenters. The van der Waals surface area contributed by atoms with Gasteiger partial charge in [0.2, 0.25) is 0 Å². The number of halogens is 1. The van der Waals surface area contributed by atoms with E-state index >= 15 is 0 Å². The maximum absolute atomic E-state index is 13.9. The van der Waals surface area contributed by atoms with Crippen LogP contribution in [0.1, 0.15) is 36.5 Å². The number of nitrogens with zero attached hydrogens (tertiary/aromatic N) is 2. The molecule has 1 aliphatic rings. The van der Waals surface area contributed by atoms with Crippen LogP contribution in [0.25, 0.3) is 0 Å². The summed E-state index contributed by atoms with van der Waals surface area (Å²) in [5.74, 6) is -1.40. The topological polar surface area (TPSA) is 83.7 Å². The summed E-state index contributed by atoms with van der Waals surface area (Å²) in [5, 5.41) is 20.6. The maximum atomic E-state index is 13.9. The summed E-state index contributed by atoms with van der Waals surface area (Å²) < 4.78 is 13.9. The van der Waals surface area contributed by atoms with Crippen molar-refractivity contribution in [2.24, 2.45) is 0 Å². The highest BCUT2D eigenvalue weighted by atomic mass is 19.1.